The maximum atomic E-state index is 2.31. The van der Waals surface area contributed by atoms with Crippen LogP contribution in [0.1, 0.15) is 25.1 Å². The lowest BCUT2D eigenvalue weighted by atomic mass is 10.0. The van der Waals surface area contributed by atoms with Crippen molar-refractivity contribution in [3.05, 3.63) is 22.4 Å². The topological polar surface area (TPSA) is 0 Å². The predicted octanol–water partition coefficient (Wildman–Crippen LogP) is 3.34. The molecular formula is C9H14S. The lowest BCUT2D eigenvalue weighted by Gasteiger charge is -2.04. The highest BCUT2D eigenvalue weighted by Crippen LogP contribution is 2.15. The van der Waals surface area contributed by atoms with Gasteiger partial charge in [0, 0.05) is 4.88 Å². The van der Waals surface area contributed by atoms with Gasteiger partial charge in [-0.05, 0) is 23.8 Å². The number of hydrogen-bond acceptors (Lipinski definition) is 1. The smallest absolute Gasteiger partial charge is 0.00478 e. The summed E-state index contributed by atoms with van der Waals surface area (Å²) in [4.78, 5) is 1.52. The third-order valence-corrected chi connectivity index (χ3v) is 2.73. The van der Waals surface area contributed by atoms with Gasteiger partial charge in [-0.1, -0.05) is 26.3 Å². The van der Waals surface area contributed by atoms with Crippen molar-refractivity contribution >= 4 is 11.3 Å². The van der Waals surface area contributed by atoms with Crippen molar-refractivity contribution in [2.75, 3.05) is 0 Å². The van der Waals surface area contributed by atoms with E-state index in [1.807, 2.05) is 11.3 Å². The summed E-state index contributed by atoms with van der Waals surface area (Å²) in [6.07, 6.45) is 2.55. The van der Waals surface area contributed by atoms with Crippen molar-refractivity contribution in [2.24, 2.45) is 5.92 Å². The molecule has 1 heteroatoms. The second kappa shape index (κ2) is 3.77. The van der Waals surface area contributed by atoms with Crippen LogP contribution in [0.3, 0.4) is 0 Å². The summed E-state index contributed by atoms with van der Waals surface area (Å²) in [6, 6.07) is 4.35. The Morgan fingerprint density at radius 3 is 2.90 bits per heavy atom. The van der Waals surface area contributed by atoms with E-state index < -0.39 is 0 Å². The molecular weight excluding hydrogens is 140 g/mol. The van der Waals surface area contributed by atoms with Crippen LogP contribution in [0.5, 0.6) is 0 Å². The van der Waals surface area contributed by atoms with Gasteiger partial charge in [0.15, 0.2) is 0 Å². The number of thiophene rings is 1. The van der Waals surface area contributed by atoms with Crippen LogP contribution in [0.2, 0.25) is 0 Å². The van der Waals surface area contributed by atoms with Crippen molar-refractivity contribution in [3.63, 3.8) is 0 Å². The molecule has 0 spiro atoms. The molecule has 1 rings (SSSR count). The summed E-state index contributed by atoms with van der Waals surface area (Å²) in [7, 11) is 0. The van der Waals surface area contributed by atoms with Gasteiger partial charge in [-0.3, -0.25) is 0 Å². The minimum absolute atomic E-state index is 0.846. The lowest BCUT2D eigenvalue weighted by Crippen LogP contribution is -1.94. The van der Waals surface area contributed by atoms with E-state index in [2.05, 4.69) is 31.4 Å². The summed E-state index contributed by atoms with van der Waals surface area (Å²) >= 11 is 1.87. The quantitative estimate of drug-likeness (QED) is 0.626. The molecule has 0 fully saturated rings. The van der Waals surface area contributed by atoms with Crippen molar-refractivity contribution in [2.45, 2.75) is 26.7 Å². The fraction of sp³-hybridized carbons (Fsp3) is 0.556. The second-order valence-electron chi connectivity index (χ2n) is 2.80. The zero-order chi connectivity index (χ0) is 7.40. The van der Waals surface area contributed by atoms with E-state index in [1.54, 1.807) is 0 Å². The van der Waals surface area contributed by atoms with Crippen molar-refractivity contribution < 1.29 is 0 Å². The molecule has 0 aromatic carbocycles. The summed E-state index contributed by atoms with van der Waals surface area (Å²) < 4.78 is 0. The van der Waals surface area contributed by atoms with E-state index in [0.29, 0.717) is 0 Å². The fourth-order valence-electron chi connectivity index (χ4n) is 0.917. The molecule has 0 amide bonds. The fourth-order valence-corrected chi connectivity index (χ4v) is 1.79. The van der Waals surface area contributed by atoms with Gasteiger partial charge in [-0.15, -0.1) is 11.3 Å². The zero-order valence-electron chi connectivity index (χ0n) is 6.63. The van der Waals surface area contributed by atoms with Crippen LogP contribution in [-0.4, -0.2) is 0 Å². The summed E-state index contributed by atoms with van der Waals surface area (Å²) in [5.74, 6) is 0.846. The third kappa shape index (κ3) is 2.14. The SMILES string of the molecule is CC[C@H](C)Cc1cccs1. The summed E-state index contributed by atoms with van der Waals surface area (Å²) in [5.41, 5.74) is 0. The van der Waals surface area contributed by atoms with E-state index in [9.17, 15) is 0 Å². The van der Waals surface area contributed by atoms with Gasteiger partial charge in [0.05, 0.1) is 0 Å². The van der Waals surface area contributed by atoms with E-state index in [0.717, 1.165) is 5.92 Å². The Balaban J connectivity index is 2.40. The van der Waals surface area contributed by atoms with Crippen LogP contribution in [0.4, 0.5) is 0 Å². The standard InChI is InChI=1S/C9H14S/c1-3-8(2)7-9-5-4-6-10-9/h4-6,8H,3,7H2,1-2H3/t8-/m0/s1. The van der Waals surface area contributed by atoms with Gasteiger partial charge in [0.25, 0.3) is 0 Å². The Bertz CT molecular complexity index is 165. The van der Waals surface area contributed by atoms with Crippen LogP contribution < -0.4 is 0 Å². The molecule has 1 aromatic rings. The molecule has 10 heavy (non-hydrogen) atoms. The second-order valence-corrected chi connectivity index (χ2v) is 3.83. The molecule has 0 aliphatic heterocycles. The average Bonchev–Trinajstić information content (AvgIpc) is 2.40. The lowest BCUT2D eigenvalue weighted by molar-refractivity contribution is 0.565. The molecule has 0 N–H and O–H groups in total. The van der Waals surface area contributed by atoms with Gasteiger partial charge in [0.1, 0.15) is 0 Å². The largest absolute Gasteiger partial charge is 0.149 e. The first-order chi connectivity index (χ1) is 4.83. The van der Waals surface area contributed by atoms with Crippen molar-refractivity contribution in [1.29, 1.82) is 0 Å². The monoisotopic (exact) mass is 154 g/mol. The molecule has 1 heterocycles. The molecule has 0 saturated heterocycles. The minimum Gasteiger partial charge on any atom is -0.149 e. The first-order valence-electron chi connectivity index (χ1n) is 3.85. The maximum absolute atomic E-state index is 2.31. The third-order valence-electron chi connectivity index (χ3n) is 1.83. The van der Waals surface area contributed by atoms with E-state index in [-0.39, 0.29) is 0 Å². The number of hydrogen-bond donors (Lipinski definition) is 0. The van der Waals surface area contributed by atoms with Gasteiger partial charge < -0.3 is 0 Å². The van der Waals surface area contributed by atoms with Crippen LogP contribution in [0, 0.1) is 5.92 Å². The normalized spacial score (nSPS) is 13.4. The Morgan fingerprint density at radius 2 is 2.40 bits per heavy atom. The molecule has 0 nitrogen and oxygen atoms in total. The van der Waals surface area contributed by atoms with E-state index in [1.165, 1.54) is 17.7 Å². The summed E-state index contributed by atoms with van der Waals surface area (Å²) in [5, 5.41) is 2.15. The Morgan fingerprint density at radius 1 is 1.60 bits per heavy atom. The van der Waals surface area contributed by atoms with Gasteiger partial charge in [-0.2, -0.15) is 0 Å². The van der Waals surface area contributed by atoms with Crippen LogP contribution in [0.25, 0.3) is 0 Å². The van der Waals surface area contributed by atoms with Crippen LogP contribution >= 0.6 is 11.3 Å². The molecule has 0 saturated carbocycles. The molecule has 1 aromatic heterocycles. The highest BCUT2D eigenvalue weighted by Gasteiger charge is 2.00. The van der Waals surface area contributed by atoms with Crippen molar-refractivity contribution in [3.8, 4) is 0 Å². The van der Waals surface area contributed by atoms with Crippen LogP contribution in [0.15, 0.2) is 17.5 Å². The zero-order valence-corrected chi connectivity index (χ0v) is 7.45. The predicted molar refractivity (Wildman–Crippen MR) is 47.5 cm³/mol. The molecule has 0 aliphatic rings. The minimum atomic E-state index is 0.846. The summed E-state index contributed by atoms with van der Waals surface area (Å²) in [6.45, 7) is 4.55. The molecule has 0 radical (unpaired) electrons. The highest BCUT2D eigenvalue weighted by molar-refractivity contribution is 7.09. The van der Waals surface area contributed by atoms with Crippen molar-refractivity contribution in [1.82, 2.24) is 0 Å². The molecule has 0 unspecified atom stereocenters. The molecule has 0 bridgehead atoms. The first-order valence-corrected chi connectivity index (χ1v) is 4.73. The maximum Gasteiger partial charge on any atom is 0.00478 e. The van der Waals surface area contributed by atoms with Gasteiger partial charge in [-0.25, -0.2) is 0 Å². The Kier molecular flexibility index (Phi) is 2.94. The molecule has 0 aliphatic carbocycles. The van der Waals surface area contributed by atoms with Gasteiger partial charge in [0.2, 0.25) is 0 Å². The highest BCUT2D eigenvalue weighted by atomic mass is 32.1. The molecule has 1 atom stereocenters. The van der Waals surface area contributed by atoms with Gasteiger partial charge >= 0.3 is 0 Å². The average molecular weight is 154 g/mol. The van der Waals surface area contributed by atoms with Crippen LogP contribution in [-0.2, 0) is 6.42 Å². The number of rotatable bonds is 3. The van der Waals surface area contributed by atoms with E-state index >= 15 is 0 Å². The van der Waals surface area contributed by atoms with E-state index in [4.69, 9.17) is 0 Å². The molecule has 56 valence electrons. The first kappa shape index (κ1) is 7.80. The Labute approximate surface area is 66.9 Å². The Hall–Kier alpha value is -0.300.